The van der Waals surface area contributed by atoms with Gasteiger partial charge in [0, 0.05) is 0 Å². The number of rotatable bonds is 15. The van der Waals surface area contributed by atoms with Crippen LogP contribution in [-0.4, -0.2) is 18.5 Å². The summed E-state index contributed by atoms with van der Waals surface area (Å²) in [5.41, 5.74) is 0. The minimum Gasteiger partial charge on any atom is -0.153 e. The van der Waals surface area contributed by atoms with Crippen molar-refractivity contribution >= 4 is 17.8 Å². The van der Waals surface area contributed by atoms with E-state index in [9.17, 15) is 0 Å². The third-order valence-corrected chi connectivity index (χ3v) is 6.83. The molecule has 2 heteroatoms. The van der Waals surface area contributed by atoms with Crippen LogP contribution >= 0.6 is 17.8 Å². The van der Waals surface area contributed by atoms with E-state index in [-0.39, 0.29) is 9.90 Å². The van der Waals surface area contributed by atoms with Gasteiger partial charge in [-0.15, -0.1) is 7.92 Å². The standard InChI is InChI=1S/C18H39P.H3P/c1-4-7-10-13-16-19(17-14-11-8-5-2)18-15-12-9-6-3;/h4-18H2,1-3H3;1H3. The van der Waals surface area contributed by atoms with E-state index < -0.39 is 0 Å². The molecule has 0 saturated heterocycles. The largest absolute Gasteiger partial charge is 0.153 e. The van der Waals surface area contributed by atoms with Gasteiger partial charge in [0.1, 0.15) is 0 Å². The average Bonchev–Trinajstić information content (AvgIpc) is 2.43. The SMILES string of the molecule is CCCCCCP(CCCCCC)CCCCCC.P. The first-order valence-corrected chi connectivity index (χ1v) is 11.0. The van der Waals surface area contributed by atoms with E-state index in [0.717, 1.165) is 0 Å². The molecule has 0 fully saturated rings. The van der Waals surface area contributed by atoms with Gasteiger partial charge >= 0.3 is 0 Å². The van der Waals surface area contributed by atoms with Gasteiger partial charge in [0.05, 0.1) is 0 Å². The van der Waals surface area contributed by atoms with Gasteiger partial charge in [0.25, 0.3) is 0 Å². The Labute approximate surface area is 134 Å². The maximum atomic E-state index is 2.32. The predicted molar refractivity (Wildman–Crippen MR) is 105 cm³/mol. The molecule has 20 heavy (non-hydrogen) atoms. The monoisotopic (exact) mass is 320 g/mol. The smallest absolute Gasteiger partial charge is 0.0326 e. The highest BCUT2D eigenvalue weighted by molar-refractivity contribution is 7.57. The summed E-state index contributed by atoms with van der Waals surface area (Å²) in [6, 6.07) is 0. The maximum Gasteiger partial charge on any atom is -0.0326 e. The Bertz CT molecular complexity index is 131. The molecule has 124 valence electrons. The molecule has 0 aromatic rings. The van der Waals surface area contributed by atoms with Crippen molar-refractivity contribution in [3.05, 3.63) is 0 Å². The van der Waals surface area contributed by atoms with E-state index in [2.05, 4.69) is 20.8 Å². The molecule has 0 amide bonds. The lowest BCUT2D eigenvalue weighted by atomic mass is 10.2. The molecule has 0 saturated carbocycles. The van der Waals surface area contributed by atoms with Crippen LogP contribution in [0.4, 0.5) is 0 Å². The van der Waals surface area contributed by atoms with Crippen molar-refractivity contribution in [3.63, 3.8) is 0 Å². The first kappa shape index (κ1) is 23.1. The van der Waals surface area contributed by atoms with Gasteiger partial charge in [-0.3, -0.25) is 0 Å². The maximum absolute atomic E-state index is 2.32. The topological polar surface area (TPSA) is 0 Å². The van der Waals surface area contributed by atoms with E-state index in [1.807, 2.05) is 0 Å². The van der Waals surface area contributed by atoms with Crippen molar-refractivity contribution in [1.29, 1.82) is 0 Å². The normalized spacial score (nSPS) is 10.8. The van der Waals surface area contributed by atoms with Crippen LogP contribution in [0.1, 0.15) is 97.8 Å². The second kappa shape index (κ2) is 19.9. The summed E-state index contributed by atoms with van der Waals surface area (Å²) in [5, 5.41) is 0. The molecule has 0 N–H and O–H groups in total. The zero-order valence-electron chi connectivity index (χ0n) is 14.8. The zero-order chi connectivity index (χ0) is 14.2. The van der Waals surface area contributed by atoms with Gasteiger partial charge in [-0.05, 0) is 37.7 Å². The van der Waals surface area contributed by atoms with Gasteiger partial charge < -0.3 is 0 Å². The van der Waals surface area contributed by atoms with E-state index in [0.29, 0.717) is 7.92 Å². The molecular formula is C18H42P2. The minimum atomic E-state index is 0. The Balaban J connectivity index is 0. The third kappa shape index (κ3) is 16.9. The van der Waals surface area contributed by atoms with Gasteiger partial charge in [0.15, 0.2) is 0 Å². The lowest BCUT2D eigenvalue weighted by Crippen LogP contribution is -1.97. The summed E-state index contributed by atoms with van der Waals surface area (Å²) in [6.45, 7) is 6.95. The Kier molecular flexibility index (Phi) is 23.0. The Morgan fingerprint density at radius 2 is 0.750 bits per heavy atom. The minimum absolute atomic E-state index is 0. The third-order valence-electron chi connectivity index (χ3n) is 3.98. The van der Waals surface area contributed by atoms with Crippen LogP contribution in [-0.2, 0) is 0 Å². The molecule has 1 unspecified atom stereocenters. The summed E-state index contributed by atoms with van der Waals surface area (Å²) < 4.78 is 0. The van der Waals surface area contributed by atoms with E-state index in [1.54, 1.807) is 18.5 Å². The van der Waals surface area contributed by atoms with Gasteiger partial charge in [-0.25, -0.2) is 0 Å². The Hall–Kier alpha value is 0.860. The highest BCUT2D eigenvalue weighted by Crippen LogP contribution is 2.39. The predicted octanol–water partition coefficient (Wildman–Crippen LogP) is 7.27. The second-order valence-electron chi connectivity index (χ2n) is 6.02. The van der Waals surface area contributed by atoms with Crippen molar-refractivity contribution in [2.24, 2.45) is 0 Å². The molecule has 0 aromatic heterocycles. The quantitative estimate of drug-likeness (QED) is 0.220. The fourth-order valence-electron chi connectivity index (χ4n) is 2.62. The second-order valence-corrected chi connectivity index (χ2v) is 8.71. The molecule has 0 aliphatic rings. The Morgan fingerprint density at radius 3 is 1.00 bits per heavy atom. The van der Waals surface area contributed by atoms with Crippen molar-refractivity contribution in [2.75, 3.05) is 18.5 Å². The highest BCUT2D eigenvalue weighted by atomic mass is 31.1. The average molecular weight is 320 g/mol. The van der Waals surface area contributed by atoms with E-state index in [1.165, 1.54) is 77.0 Å². The van der Waals surface area contributed by atoms with Gasteiger partial charge in [-0.2, -0.15) is 9.90 Å². The van der Waals surface area contributed by atoms with Crippen LogP contribution < -0.4 is 0 Å². The lowest BCUT2D eigenvalue weighted by Gasteiger charge is -2.17. The summed E-state index contributed by atoms with van der Waals surface area (Å²) in [7, 11) is 0.389. The molecule has 0 aliphatic heterocycles. The molecule has 0 nitrogen and oxygen atoms in total. The summed E-state index contributed by atoms with van der Waals surface area (Å²) >= 11 is 0. The van der Waals surface area contributed by atoms with Crippen LogP contribution in [0.5, 0.6) is 0 Å². The molecule has 0 spiro atoms. The number of hydrogen-bond acceptors (Lipinski definition) is 0. The van der Waals surface area contributed by atoms with Crippen molar-refractivity contribution in [3.8, 4) is 0 Å². The number of hydrogen-bond donors (Lipinski definition) is 0. The van der Waals surface area contributed by atoms with Crippen LogP contribution in [0, 0.1) is 0 Å². The molecule has 0 aliphatic carbocycles. The van der Waals surface area contributed by atoms with E-state index >= 15 is 0 Å². The summed E-state index contributed by atoms with van der Waals surface area (Å²) in [6.07, 6.45) is 22.2. The Morgan fingerprint density at radius 1 is 0.450 bits per heavy atom. The molecule has 0 rings (SSSR count). The van der Waals surface area contributed by atoms with Crippen molar-refractivity contribution in [2.45, 2.75) is 97.8 Å². The molecule has 0 heterocycles. The van der Waals surface area contributed by atoms with E-state index in [4.69, 9.17) is 0 Å². The van der Waals surface area contributed by atoms with Crippen LogP contribution in [0.15, 0.2) is 0 Å². The van der Waals surface area contributed by atoms with Crippen molar-refractivity contribution in [1.82, 2.24) is 0 Å². The van der Waals surface area contributed by atoms with Gasteiger partial charge in [0.2, 0.25) is 0 Å². The van der Waals surface area contributed by atoms with Crippen molar-refractivity contribution < 1.29 is 0 Å². The molecule has 1 atom stereocenters. The number of unbranched alkanes of at least 4 members (excludes halogenated alkanes) is 9. The first-order valence-electron chi connectivity index (χ1n) is 9.07. The summed E-state index contributed by atoms with van der Waals surface area (Å²) in [5.74, 6) is 0. The summed E-state index contributed by atoms with van der Waals surface area (Å²) in [4.78, 5) is 0. The fourth-order valence-corrected chi connectivity index (χ4v) is 5.31. The van der Waals surface area contributed by atoms with Crippen LogP contribution in [0.25, 0.3) is 0 Å². The first-order chi connectivity index (χ1) is 9.35. The van der Waals surface area contributed by atoms with Crippen LogP contribution in [0.3, 0.4) is 0 Å². The zero-order valence-corrected chi connectivity index (χ0v) is 17.1. The fraction of sp³-hybridized carbons (Fsp3) is 1.00. The molecule has 0 radical (unpaired) electrons. The van der Waals surface area contributed by atoms with Crippen LogP contribution in [0.2, 0.25) is 0 Å². The molecule has 0 aromatic carbocycles. The van der Waals surface area contributed by atoms with Gasteiger partial charge in [-0.1, -0.05) is 78.6 Å². The molecular weight excluding hydrogens is 278 g/mol. The molecule has 0 bridgehead atoms. The highest BCUT2D eigenvalue weighted by Gasteiger charge is 2.07. The lowest BCUT2D eigenvalue weighted by molar-refractivity contribution is 0.687.